The van der Waals surface area contributed by atoms with Gasteiger partial charge in [0.1, 0.15) is 6.04 Å². The van der Waals surface area contributed by atoms with Crippen molar-refractivity contribution in [3.8, 4) is 0 Å². The minimum Gasteiger partial charge on any atom is -0.340 e. The molecule has 8 heteroatoms. The van der Waals surface area contributed by atoms with Crippen molar-refractivity contribution in [2.24, 2.45) is 0 Å². The van der Waals surface area contributed by atoms with Gasteiger partial charge in [0.25, 0.3) is 5.91 Å². The van der Waals surface area contributed by atoms with Crippen molar-refractivity contribution in [3.63, 3.8) is 0 Å². The zero-order chi connectivity index (χ0) is 15.4. The van der Waals surface area contributed by atoms with Gasteiger partial charge in [-0.3, -0.25) is 14.9 Å². The third-order valence-electron chi connectivity index (χ3n) is 3.23. The van der Waals surface area contributed by atoms with Crippen molar-refractivity contribution in [3.05, 3.63) is 16.1 Å². The second-order valence-electron chi connectivity index (χ2n) is 4.89. The normalized spacial score (nSPS) is 17.5. The predicted octanol–water partition coefficient (Wildman–Crippen LogP) is 0.652. The van der Waals surface area contributed by atoms with Crippen molar-refractivity contribution in [2.75, 3.05) is 7.05 Å². The SMILES string of the molecule is CCc1nc(CN(C)C(=O)CC[C@H]2NC(=O)NC2=O)cs1. The highest BCUT2D eigenvalue weighted by Crippen LogP contribution is 2.13. The molecule has 2 heterocycles. The van der Waals surface area contributed by atoms with E-state index in [0.717, 1.165) is 17.1 Å². The number of thiazole rings is 1. The van der Waals surface area contributed by atoms with Crippen LogP contribution in [0, 0.1) is 0 Å². The van der Waals surface area contributed by atoms with Gasteiger partial charge in [0.05, 0.1) is 17.2 Å². The summed E-state index contributed by atoms with van der Waals surface area (Å²) in [5, 5.41) is 7.63. The molecular weight excluding hydrogens is 292 g/mol. The van der Waals surface area contributed by atoms with Crippen LogP contribution in [0.25, 0.3) is 0 Å². The number of urea groups is 1. The van der Waals surface area contributed by atoms with Crippen molar-refractivity contribution in [1.82, 2.24) is 20.5 Å². The molecule has 21 heavy (non-hydrogen) atoms. The van der Waals surface area contributed by atoms with E-state index in [9.17, 15) is 14.4 Å². The van der Waals surface area contributed by atoms with Gasteiger partial charge in [-0.2, -0.15) is 0 Å². The fourth-order valence-corrected chi connectivity index (χ4v) is 2.77. The van der Waals surface area contributed by atoms with Crippen LogP contribution in [0.3, 0.4) is 0 Å². The number of carbonyl (C=O) groups is 3. The molecule has 0 saturated carbocycles. The lowest BCUT2D eigenvalue weighted by atomic mass is 10.1. The number of hydrogen-bond acceptors (Lipinski definition) is 5. The minimum absolute atomic E-state index is 0.0741. The number of hydrogen-bond donors (Lipinski definition) is 2. The predicted molar refractivity (Wildman–Crippen MR) is 77.7 cm³/mol. The molecule has 1 aromatic heterocycles. The van der Waals surface area contributed by atoms with Gasteiger partial charge in [-0.1, -0.05) is 6.92 Å². The zero-order valence-electron chi connectivity index (χ0n) is 12.0. The molecule has 0 radical (unpaired) electrons. The highest BCUT2D eigenvalue weighted by Gasteiger charge is 2.29. The maximum absolute atomic E-state index is 12.0. The average Bonchev–Trinajstić information content (AvgIpc) is 3.02. The van der Waals surface area contributed by atoms with Crippen LogP contribution < -0.4 is 10.6 Å². The lowest BCUT2D eigenvalue weighted by Crippen LogP contribution is -2.32. The van der Waals surface area contributed by atoms with Crippen LogP contribution in [0.1, 0.15) is 30.5 Å². The molecule has 0 unspecified atom stereocenters. The number of amides is 4. The zero-order valence-corrected chi connectivity index (χ0v) is 12.8. The topological polar surface area (TPSA) is 91.4 Å². The summed E-state index contributed by atoms with van der Waals surface area (Å²) in [6.07, 6.45) is 1.40. The summed E-state index contributed by atoms with van der Waals surface area (Å²) in [5.41, 5.74) is 0.875. The molecule has 0 bridgehead atoms. The number of aromatic nitrogens is 1. The third kappa shape index (κ3) is 4.01. The van der Waals surface area contributed by atoms with Crippen LogP contribution in [-0.4, -0.2) is 40.8 Å². The lowest BCUT2D eigenvalue weighted by Gasteiger charge is -2.16. The number of carbonyl (C=O) groups excluding carboxylic acids is 3. The molecule has 7 nitrogen and oxygen atoms in total. The Bertz CT molecular complexity index is 557. The van der Waals surface area contributed by atoms with Crippen LogP contribution in [0.5, 0.6) is 0 Å². The van der Waals surface area contributed by atoms with E-state index in [2.05, 4.69) is 15.6 Å². The van der Waals surface area contributed by atoms with E-state index < -0.39 is 12.1 Å². The van der Waals surface area contributed by atoms with Gasteiger partial charge in [-0.15, -0.1) is 11.3 Å². The van der Waals surface area contributed by atoms with Crippen LogP contribution in [0.15, 0.2) is 5.38 Å². The maximum atomic E-state index is 12.0. The molecule has 1 fully saturated rings. The number of rotatable bonds is 6. The number of nitrogens with zero attached hydrogens (tertiary/aromatic N) is 2. The minimum atomic E-state index is -0.610. The largest absolute Gasteiger partial charge is 0.340 e. The molecule has 0 aliphatic carbocycles. The van der Waals surface area contributed by atoms with Gasteiger partial charge in [-0.05, 0) is 12.8 Å². The van der Waals surface area contributed by atoms with Gasteiger partial charge in [0.2, 0.25) is 5.91 Å². The van der Waals surface area contributed by atoms with Gasteiger partial charge in [0.15, 0.2) is 0 Å². The Hall–Kier alpha value is -1.96. The Labute approximate surface area is 126 Å². The van der Waals surface area contributed by atoms with E-state index in [1.54, 1.807) is 23.3 Å². The van der Waals surface area contributed by atoms with Crippen LogP contribution in [0.4, 0.5) is 4.79 Å². The number of aryl methyl sites for hydroxylation is 1. The van der Waals surface area contributed by atoms with Crippen molar-refractivity contribution in [2.45, 2.75) is 38.8 Å². The molecule has 0 aromatic carbocycles. The van der Waals surface area contributed by atoms with Gasteiger partial charge in [-0.25, -0.2) is 9.78 Å². The molecule has 1 aliphatic heterocycles. The standard InChI is InChI=1S/C13H18N4O3S/c1-3-10-14-8(7-21-10)6-17(2)11(18)5-4-9-12(19)16-13(20)15-9/h7,9H,3-6H2,1-2H3,(H2,15,16,19,20)/t9-/m1/s1. The van der Waals surface area contributed by atoms with E-state index >= 15 is 0 Å². The van der Waals surface area contributed by atoms with Crippen molar-refractivity contribution < 1.29 is 14.4 Å². The van der Waals surface area contributed by atoms with Crippen LogP contribution >= 0.6 is 11.3 Å². The Morgan fingerprint density at radius 1 is 1.48 bits per heavy atom. The molecule has 1 saturated heterocycles. The summed E-state index contributed by atoms with van der Waals surface area (Å²) in [6, 6.07) is -1.11. The second-order valence-corrected chi connectivity index (χ2v) is 5.83. The summed E-state index contributed by atoms with van der Waals surface area (Å²) < 4.78 is 0. The first-order chi connectivity index (χ1) is 9.99. The van der Waals surface area contributed by atoms with Crippen molar-refractivity contribution >= 4 is 29.2 Å². The fraction of sp³-hybridized carbons (Fsp3) is 0.538. The Morgan fingerprint density at radius 2 is 2.24 bits per heavy atom. The van der Waals surface area contributed by atoms with Gasteiger partial charge >= 0.3 is 6.03 Å². The molecule has 4 amide bonds. The molecule has 1 atom stereocenters. The van der Waals surface area contributed by atoms with E-state index in [1.165, 1.54) is 0 Å². The summed E-state index contributed by atoms with van der Waals surface area (Å²) in [6.45, 7) is 2.50. The highest BCUT2D eigenvalue weighted by atomic mass is 32.1. The fourth-order valence-electron chi connectivity index (χ4n) is 2.04. The van der Waals surface area contributed by atoms with E-state index in [0.29, 0.717) is 13.0 Å². The molecule has 114 valence electrons. The summed E-state index contributed by atoms with van der Waals surface area (Å²) in [7, 11) is 1.71. The van der Waals surface area contributed by atoms with Crippen molar-refractivity contribution in [1.29, 1.82) is 0 Å². The van der Waals surface area contributed by atoms with E-state index in [1.807, 2.05) is 12.3 Å². The Kier molecular flexibility index (Phi) is 4.89. The molecule has 2 rings (SSSR count). The van der Waals surface area contributed by atoms with E-state index in [4.69, 9.17) is 0 Å². The quantitative estimate of drug-likeness (QED) is 0.755. The molecular formula is C13H18N4O3S. The first-order valence-electron chi connectivity index (χ1n) is 6.78. The molecule has 1 aliphatic rings. The Morgan fingerprint density at radius 3 is 2.81 bits per heavy atom. The van der Waals surface area contributed by atoms with Crippen LogP contribution in [0.2, 0.25) is 0 Å². The third-order valence-corrected chi connectivity index (χ3v) is 4.27. The van der Waals surface area contributed by atoms with E-state index in [-0.39, 0.29) is 18.2 Å². The first-order valence-corrected chi connectivity index (χ1v) is 7.66. The first kappa shape index (κ1) is 15.4. The summed E-state index contributed by atoms with van der Waals surface area (Å²) >= 11 is 1.59. The smallest absolute Gasteiger partial charge is 0.322 e. The average molecular weight is 310 g/mol. The second kappa shape index (κ2) is 6.66. The summed E-state index contributed by atoms with van der Waals surface area (Å²) in [4.78, 5) is 40.4. The molecule has 2 N–H and O–H groups in total. The van der Waals surface area contributed by atoms with Gasteiger partial charge in [0, 0.05) is 18.8 Å². The monoisotopic (exact) mass is 310 g/mol. The molecule has 0 spiro atoms. The lowest BCUT2D eigenvalue weighted by molar-refractivity contribution is -0.130. The Balaban J connectivity index is 1.79. The maximum Gasteiger partial charge on any atom is 0.322 e. The number of nitrogens with one attached hydrogen (secondary N) is 2. The molecule has 1 aromatic rings. The highest BCUT2D eigenvalue weighted by molar-refractivity contribution is 7.09. The van der Waals surface area contributed by atoms with Gasteiger partial charge < -0.3 is 10.2 Å². The number of imide groups is 1. The summed E-state index contributed by atoms with van der Waals surface area (Å²) in [5.74, 6) is -0.447. The van der Waals surface area contributed by atoms with Crippen LogP contribution in [-0.2, 0) is 22.6 Å².